The van der Waals surface area contributed by atoms with Gasteiger partial charge in [-0.3, -0.25) is 0 Å². The van der Waals surface area contributed by atoms with Gasteiger partial charge in [-0.25, -0.2) is 0 Å². The monoisotopic (exact) mass is 247 g/mol. The fraction of sp³-hybridized carbons (Fsp3) is 0.455. The first-order valence-corrected chi connectivity index (χ1v) is 5.67. The van der Waals surface area contributed by atoms with Crippen molar-refractivity contribution in [1.82, 2.24) is 0 Å². The van der Waals surface area contributed by atoms with E-state index in [9.17, 15) is 5.11 Å². The molecule has 0 saturated heterocycles. The lowest BCUT2D eigenvalue weighted by Crippen LogP contribution is -2.35. The number of hydrogen-bond acceptors (Lipinski definition) is 2. The Morgan fingerprint density at radius 3 is 2.60 bits per heavy atom. The van der Waals surface area contributed by atoms with E-state index in [0.717, 1.165) is 6.42 Å². The average molecular weight is 248 g/mol. The van der Waals surface area contributed by atoms with Crippen LogP contribution in [-0.4, -0.2) is 11.7 Å². The molecule has 0 radical (unpaired) electrons. The van der Waals surface area contributed by atoms with E-state index >= 15 is 0 Å². The molecule has 0 aromatic heterocycles. The summed E-state index contributed by atoms with van der Waals surface area (Å²) in [6.07, 6.45) is 1.40. The van der Waals surface area contributed by atoms with E-state index < -0.39 is 5.60 Å². The van der Waals surface area contributed by atoms with Gasteiger partial charge in [0.15, 0.2) is 0 Å². The van der Waals surface area contributed by atoms with Crippen LogP contribution in [0.25, 0.3) is 0 Å². The fourth-order valence-corrected chi connectivity index (χ4v) is 2.08. The van der Waals surface area contributed by atoms with Crippen LogP contribution in [0.5, 0.6) is 0 Å². The van der Waals surface area contributed by atoms with Gasteiger partial charge in [-0.15, -0.1) is 0 Å². The molecule has 0 bridgehead atoms. The molecule has 1 atom stereocenters. The minimum atomic E-state index is -1.07. The molecule has 15 heavy (non-hydrogen) atoms. The minimum Gasteiger partial charge on any atom is -0.384 e. The lowest BCUT2D eigenvalue weighted by molar-refractivity contribution is 0.0360. The molecule has 1 unspecified atom stereocenters. The molecule has 0 aliphatic rings. The van der Waals surface area contributed by atoms with E-state index in [-0.39, 0.29) is 6.54 Å². The molecule has 1 aromatic carbocycles. The summed E-state index contributed by atoms with van der Waals surface area (Å²) < 4.78 is 0. The van der Waals surface area contributed by atoms with E-state index in [2.05, 4.69) is 0 Å². The Balaban J connectivity index is 3.16. The van der Waals surface area contributed by atoms with Crippen molar-refractivity contribution in [1.29, 1.82) is 0 Å². The molecule has 0 aliphatic heterocycles. The van der Waals surface area contributed by atoms with Gasteiger partial charge in [0, 0.05) is 22.2 Å². The summed E-state index contributed by atoms with van der Waals surface area (Å²) in [6.45, 7) is 2.12. The number of hydrogen-bond donors (Lipinski definition) is 2. The highest BCUT2D eigenvalue weighted by Crippen LogP contribution is 2.33. The smallest absolute Gasteiger partial charge is 0.103 e. The van der Waals surface area contributed by atoms with Crippen molar-refractivity contribution in [2.45, 2.75) is 25.4 Å². The number of halogens is 2. The maximum atomic E-state index is 10.3. The van der Waals surface area contributed by atoms with Gasteiger partial charge < -0.3 is 10.8 Å². The van der Waals surface area contributed by atoms with Crippen LogP contribution in [0.2, 0.25) is 10.0 Å². The van der Waals surface area contributed by atoms with Crippen molar-refractivity contribution >= 4 is 23.2 Å². The molecule has 84 valence electrons. The SMILES string of the molecule is CCCC(O)(CN)c1cc(Cl)ccc1Cl. The highest BCUT2D eigenvalue weighted by molar-refractivity contribution is 6.33. The number of nitrogens with two attached hydrogens (primary N) is 1. The van der Waals surface area contributed by atoms with Crippen molar-refractivity contribution in [3.8, 4) is 0 Å². The summed E-state index contributed by atoms with van der Waals surface area (Å²) in [5, 5.41) is 11.4. The average Bonchev–Trinajstić information content (AvgIpc) is 2.22. The van der Waals surface area contributed by atoms with Crippen LogP contribution in [-0.2, 0) is 5.60 Å². The molecule has 0 amide bonds. The van der Waals surface area contributed by atoms with Gasteiger partial charge in [-0.1, -0.05) is 36.5 Å². The standard InChI is InChI=1S/C11H15Cl2NO/c1-2-5-11(15,7-14)9-6-8(12)3-4-10(9)13/h3-4,6,15H,2,5,7,14H2,1H3. The Hall–Kier alpha value is -0.280. The zero-order valence-corrected chi connectivity index (χ0v) is 10.1. The molecule has 3 N–H and O–H groups in total. The van der Waals surface area contributed by atoms with E-state index in [1.807, 2.05) is 6.92 Å². The molecular formula is C11H15Cl2NO. The van der Waals surface area contributed by atoms with Gasteiger partial charge in [0.25, 0.3) is 0 Å². The van der Waals surface area contributed by atoms with Gasteiger partial charge >= 0.3 is 0 Å². The van der Waals surface area contributed by atoms with Gasteiger partial charge in [0.1, 0.15) is 5.60 Å². The summed E-state index contributed by atoms with van der Waals surface area (Å²) in [7, 11) is 0. The van der Waals surface area contributed by atoms with Crippen LogP contribution in [0.1, 0.15) is 25.3 Å². The number of aliphatic hydroxyl groups is 1. The van der Waals surface area contributed by atoms with Crippen molar-refractivity contribution < 1.29 is 5.11 Å². The third kappa shape index (κ3) is 2.85. The number of rotatable bonds is 4. The molecule has 1 rings (SSSR count). The van der Waals surface area contributed by atoms with Gasteiger partial charge in [0.05, 0.1) is 0 Å². The first kappa shape index (κ1) is 12.8. The maximum Gasteiger partial charge on any atom is 0.103 e. The molecular weight excluding hydrogens is 233 g/mol. The lowest BCUT2D eigenvalue weighted by Gasteiger charge is -2.27. The van der Waals surface area contributed by atoms with Crippen LogP contribution >= 0.6 is 23.2 Å². The molecule has 4 heteroatoms. The van der Waals surface area contributed by atoms with Gasteiger partial charge in [0.2, 0.25) is 0 Å². The molecule has 0 spiro atoms. The molecule has 0 aliphatic carbocycles. The van der Waals surface area contributed by atoms with Crippen molar-refractivity contribution in [2.75, 3.05) is 6.54 Å². The molecule has 0 saturated carbocycles. The minimum absolute atomic E-state index is 0.140. The Bertz CT molecular complexity index is 343. The van der Waals surface area contributed by atoms with Crippen molar-refractivity contribution in [3.63, 3.8) is 0 Å². The second-order valence-electron chi connectivity index (χ2n) is 3.61. The largest absolute Gasteiger partial charge is 0.384 e. The topological polar surface area (TPSA) is 46.2 Å². The van der Waals surface area contributed by atoms with Gasteiger partial charge in [-0.2, -0.15) is 0 Å². The summed E-state index contributed by atoms with van der Waals surface area (Å²) in [5.74, 6) is 0. The van der Waals surface area contributed by atoms with E-state index in [4.69, 9.17) is 28.9 Å². The molecule has 1 aromatic rings. The Morgan fingerprint density at radius 2 is 2.07 bits per heavy atom. The highest BCUT2D eigenvalue weighted by Gasteiger charge is 2.28. The second-order valence-corrected chi connectivity index (χ2v) is 4.45. The predicted molar refractivity (Wildman–Crippen MR) is 64.3 cm³/mol. The molecule has 2 nitrogen and oxygen atoms in total. The quantitative estimate of drug-likeness (QED) is 0.860. The first-order valence-electron chi connectivity index (χ1n) is 4.91. The van der Waals surface area contributed by atoms with E-state index in [1.165, 1.54) is 0 Å². The van der Waals surface area contributed by atoms with Crippen LogP contribution in [0.15, 0.2) is 18.2 Å². The predicted octanol–water partition coefficient (Wildman–Crippen LogP) is 2.94. The molecule has 0 fully saturated rings. The van der Waals surface area contributed by atoms with Crippen LogP contribution in [0, 0.1) is 0 Å². The van der Waals surface area contributed by atoms with Crippen molar-refractivity contribution in [2.24, 2.45) is 5.73 Å². The normalized spacial score (nSPS) is 15.0. The summed E-state index contributed by atoms with van der Waals surface area (Å²) in [4.78, 5) is 0. The Morgan fingerprint density at radius 1 is 1.40 bits per heavy atom. The highest BCUT2D eigenvalue weighted by atomic mass is 35.5. The Labute approximate surface area is 100.0 Å². The fourth-order valence-electron chi connectivity index (χ4n) is 1.61. The van der Waals surface area contributed by atoms with Crippen LogP contribution < -0.4 is 5.73 Å². The third-order valence-corrected chi connectivity index (χ3v) is 3.00. The summed E-state index contributed by atoms with van der Waals surface area (Å²) in [5.41, 5.74) is 5.13. The maximum absolute atomic E-state index is 10.3. The lowest BCUT2D eigenvalue weighted by atomic mass is 9.89. The Kier molecular flexibility index (Phi) is 4.41. The summed E-state index contributed by atoms with van der Waals surface area (Å²) >= 11 is 11.9. The third-order valence-electron chi connectivity index (χ3n) is 2.43. The first-order chi connectivity index (χ1) is 7.03. The van der Waals surface area contributed by atoms with Crippen molar-refractivity contribution in [3.05, 3.63) is 33.8 Å². The zero-order valence-electron chi connectivity index (χ0n) is 8.63. The van der Waals surface area contributed by atoms with E-state index in [1.54, 1.807) is 18.2 Å². The van der Waals surface area contributed by atoms with Gasteiger partial charge in [-0.05, 0) is 24.6 Å². The molecule has 0 heterocycles. The van der Waals surface area contributed by atoms with Crippen LogP contribution in [0.4, 0.5) is 0 Å². The summed E-state index contributed by atoms with van der Waals surface area (Å²) in [6, 6.07) is 5.04. The zero-order chi connectivity index (χ0) is 11.5. The van der Waals surface area contributed by atoms with Crippen LogP contribution in [0.3, 0.4) is 0 Å². The number of benzene rings is 1. The van der Waals surface area contributed by atoms with E-state index in [0.29, 0.717) is 22.0 Å². The second kappa shape index (κ2) is 5.17.